The molecule has 0 unspecified atom stereocenters. The van der Waals surface area contributed by atoms with E-state index in [0.29, 0.717) is 27.2 Å². The standard InChI is InChI=1S/C21H18Cl2N4O3/c1-24-20(28)19-11-16(7-8-25-19)30-15-4-2-3-13(9-15)12-26-21(29)27-18-10-14(22)5-6-17(18)23/h2-11H,12H2,1H3,(H,24,28)(H2,26,27,29). The number of halogens is 2. The Morgan fingerprint density at radius 1 is 1.03 bits per heavy atom. The fourth-order valence-corrected chi connectivity index (χ4v) is 2.86. The van der Waals surface area contributed by atoms with Crippen molar-refractivity contribution in [2.45, 2.75) is 6.54 Å². The number of rotatable bonds is 6. The van der Waals surface area contributed by atoms with Crippen LogP contribution in [0.25, 0.3) is 0 Å². The minimum Gasteiger partial charge on any atom is -0.457 e. The van der Waals surface area contributed by atoms with Gasteiger partial charge in [0.25, 0.3) is 5.91 Å². The molecule has 0 aliphatic rings. The fourth-order valence-electron chi connectivity index (χ4n) is 2.52. The zero-order valence-corrected chi connectivity index (χ0v) is 17.4. The van der Waals surface area contributed by atoms with Gasteiger partial charge in [-0.25, -0.2) is 4.79 Å². The summed E-state index contributed by atoms with van der Waals surface area (Å²) in [6, 6.07) is 14.8. The molecule has 2 aromatic carbocycles. The van der Waals surface area contributed by atoms with Crippen LogP contribution in [0.2, 0.25) is 10.0 Å². The lowest BCUT2D eigenvalue weighted by Crippen LogP contribution is -2.28. The minimum atomic E-state index is -0.421. The van der Waals surface area contributed by atoms with Crippen LogP contribution in [0.3, 0.4) is 0 Å². The molecule has 1 aromatic heterocycles. The first-order chi connectivity index (χ1) is 14.4. The molecule has 9 heteroatoms. The summed E-state index contributed by atoms with van der Waals surface area (Å²) in [6.45, 7) is 0.265. The van der Waals surface area contributed by atoms with Crippen LogP contribution in [-0.2, 0) is 6.54 Å². The highest BCUT2D eigenvalue weighted by atomic mass is 35.5. The third-order valence-electron chi connectivity index (χ3n) is 3.95. The van der Waals surface area contributed by atoms with Crippen LogP contribution in [0.15, 0.2) is 60.8 Å². The third kappa shape index (κ3) is 5.85. The van der Waals surface area contributed by atoms with Crippen LogP contribution >= 0.6 is 23.2 Å². The Morgan fingerprint density at radius 2 is 1.83 bits per heavy atom. The number of nitrogens with zero attached hydrogens (tertiary/aromatic N) is 1. The van der Waals surface area contributed by atoms with Crippen LogP contribution in [0.1, 0.15) is 16.1 Å². The number of urea groups is 1. The molecule has 1 heterocycles. The Labute approximate surface area is 183 Å². The number of anilines is 1. The van der Waals surface area contributed by atoms with Crippen molar-refractivity contribution in [1.29, 1.82) is 0 Å². The molecule has 0 spiro atoms. The number of hydrogen-bond donors (Lipinski definition) is 3. The molecule has 0 atom stereocenters. The molecule has 0 aliphatic carbocycles. The van der Waals surface area contributed by atoms with E-state index in [2.05, 4.69) is 20.9 Å². The minimum absolute atomic E-state index is 0.254. The molecule has 3 N–H and O–H groups in total. The molecule has 3 amide bonds. The Hall–Kier alpha value is -3.29. The van der Waals surface area contributed by atoms with E-state index in [1.165, 1.54) is 13.2 Å². The molecule has 3 rings (SSSR count). The molecule has 0 saturated carbocycles. The Kier molecular flexibility index (Phi) is 7.11. The smallest absolute Gasteiger partial charge is 0.319 e. The largest absolute Gasteiger partial charge is 0.457 e. The molecular weight excluding hydrogens is 427 g/mol. The predicted molar refractivity (Wildman–Crippen MR) is 116 cm³/mol. The molecule has 7 nitrogen and oxygen atoms in total. The highest BCUT2D eigenvalue weighted by Crippen LogP contribution is 2.25. The highest BCUT2D eigenvalue weighted by Gasteiger charge is 2.09. The Morgan fingerprint density at radius 3 is 2.63 bits per heavy atom. The summed E-state index contributed by atoms with van der Waals surface area (Å²) >= 11 is 12.0. The zero-order chi connectivity index (χ0) is 21.5. The van der Waals surface area contributed by atoms with E-state index in [-0.39, 0.29) is 18.1 Å². The molecule has 0 fully saturated rings. The van der Waals surface area contributed by atoms with E-state index in [0.717, 1.165) is 5.56 Å². The van der Waals surface area contributed by atoms with Crippen LogP contribution in [0.5, 0.6) is 11.5 Å². The predicted octanol–water partition coefficient (Wildman–Crippen LogP) is 4.86. The maximum absolute atomic E-state index is 12.2. The van der Waals surface area contributed by atoms with Crippen LogP contribution in [0, 0.1) is 0 Å². The summed E-state index contributed by atoms with van der Waals surface area (Å²) in [7, 11) is 1.53. The summed E-state index contributed by atoms with van der Waals surface area (Å²) < 4.78 is 5.81. The summed E-state index contributed by atoms with van der Waals surface area (Å²) in [6.07, 6.45) is 1.50. The first kappa shape index (κ1) is 21.4. The molecule has 0 aliphatic heterocycles. The Bertz CT molecular complexity index is 1080. The van der Waals surface area contributed by atoms with Crippen molar-refractivity contribution in [3.05, 3.63) is 82.1 Å². The molecule has 0 radical (unpaired) electrons. The van der Waals surface area contributed by atoms with Crippen LogP contribution < -0.4 is 20.7 Å². The van der Waals surface area contributed by atoms with Gasteiger partial charge in [-0.2, -0.15) is 0 Å². The average Bonchev–Trinajstić information content (AvgIpc) is 2.75. The van der Waals surface area contributed by atoms with Gasteiger partial charge in [-0.15, -0.1) is 0 Å². The molecule has 0 bridgehead atoms. The third-order valence-corrected chi connectivity index (χ3v) is 4.52. The molecule has 3 aromatic rings. The van der Waals surface area contributed by atoms with E-state index >= 15 is 0 Å². The fraction of sp³-hybridized carbons (Fsp3) is 0.0952. The number of carbonyl (C=O) groups is 2. The number of amides is 3. The lowest BCUT2D eigenvalue weighted by Gasteiger charge is -2.11. The Balaban J connectivity index is 1.61. The number of nitrogens with one attached hydrogen (secondary N) is 3. The van der Waals surface area contributed by atoms with Crippen molar-refractivity contribution in [2.24, 2.45) is 0 Å². The van der Waals surface area contributed by atoms with Crippen LogP contribution in [-0.4, -0.2) is 24.0 Å². The summed E-state index contributed by atoms with van der Waals surface area (Å²) in [5.74, 6) is 0.730. The van der Waals surface area contributed by atoms with Crippen molar-refractivity contribution in [2.75, 3.05) is 12.4 Å². The molecule has 30 heavy (non-hydrogen) atoms. The van der Waals surface area contributed by atoms with E-state index in [4.69, 9.17) is 27.9 Å². The monoisotopic (exact) mass is 444 g/mol. The maximum Gasteiger partial charge on any atom is 0.319 e. The lowest BCUT2D eigenvalue weighted by molar-refractivity contribution is 0.0958. The summed E-state index contributed by atoms with van der Waals surface area (Å²) in [4.78, 5) is 27.9. The van der Waals surface area contributed by atoms with Crippen LogP contribution in [0.4, 0.5) is 10.5 Å². The topological polar surface area (TPSA) is 92.4 Å². The second-order valence-corrected chi connectivity index (χ2v) is 6.98. The quantitative estimate of drug-likeness (QED) is 0.505. The summed E-state index contributed by atoms with van der Waals surface area (Å²) in [5.41, 5.74) is 1.49. The van der Waals surface area contributed by atoms with Gasteiger partial charge in [0.05, 0.1) is 10.7 Å². The van der Waals surface area contributed by atoms with Gasteiger partial charge >= 0.3 is 6.03 Å². The average molecular weight is 445 g/mol. The number of benzene rings is 2. The highest BCUT2D eigenvalue weighted by molar-refractivity contribution is 6.35. The SMILES string of the molecule is CNC(=O)c1cc(Oc2cccc(CNC(=O)Nc3cc(Cl)ccc3Cl)c2)ccn1. The van der Waals surface area contributed by atoms with E-state index in [9.17, 15) is 9.59 Å². The van der Waals surface area contributed by atoms with Crippen molar-refractivity contribution in [3.63, 3.8) is 0 Å². The van der Waals surface area contributed by atoms with Crippen molar-refractivity contribution >= 4 is 40.8 Å². The second-order valence-electron chi connectivity index (χ2n) is 6.14. The van der Waals surface area contributed by atoms with Gasteiger partial charge in [-0.1, -0.05) is 35.3 Å². The number of carbonyl (C=O) groups excluding carboxylic acids is 2. The van der Waals surface area contributed by atoms with Gasteiger partial charge < -0.3 is 20.7 Å². The zero-order valence-electron chi connectivity index (χ0n) is 15.9. The van der Waals surface area contributed by atoms with E-state index in [1.54, 1.807) is 48.5 Å². The first-order valence-electron chi connectivity index (χ1n) is 8.89. The van der Waals surface area contributed by atoms with Gasteiger partial charge in [0.15, 0.2) is 0 Å². The molecule has 0 saturated heterocycles. The summed E-state index contributed by atoms with van der Waals surface area (Å²) in [5, 5.41) is 8.77. The van der Waals surface area contributed by atoms with Gasteiger partial charge in [0, 0.05) is 30.9 Å². The number of pyridine rings is 1. The number of hydrogen-bond acceptors (Lipinski definition) is 4. The number of ether oxygens (including phenoxy) is 1. The van der Waals surface area contributed by atoms with Crippen molar-refractivity contribution < 1.29 is 14.3 Å². The van der Waals surface area contributed by atoms with Gasteiger partial charge in [-0.05, 0) is 42.0 Å². The molecule has 154 valence electrons. The first-order valence-corrected chi connectivity index (χ1v) is 9.65. The van der Waals surface area contributed by atoms with Gasteiger partial charge in [-0.3, -0.25) is 9.78 Å². The van der Waals surface area contributed by atoms with Crippen molar-refractivity contribution in [1.82, 2.24) is 15.6 Å². The van der Waals surface area contributed by atoms with Gasteiger partial charge in [0.1, 0.15) is 17.2 Å². The van der Waals surface area contributed by atoms with E-state index < -0.39 is 6.03 Å². The molecular formula is C21H18Cl2N4O3. The van der Waals surface area contributed by atoms with Gasteiger partial charge in [0.2, 0.25) is 0 Å². The second kappa shape index (κ2) is 9.96. The lowest BCUT2D eigenvalue weighted by atomic mass is 10.2. The normalized spacial score (nSPS) is 10.2. The van der Waals surface area contributed by atoms with E-state index in [1.807, 2.05) is 6.07 Å². The maximum atomic E-state index is 12.2. The number of aromatic nitrogens is 1. The van der Waals surface area contributed by atoms with Crippen molar-refractivity contribution in [3.8, 4) is 11.5 Å².